The van der Waals surface area contributed by atoms with Gasteiger partial charge in [-0.2, -0.15) is 4.62 Å². The minimum Gasteiger partial charge on any atom is -0.489 e. The molecule has 0 fully saturated rings. The number of nitrogens with zero attached hydrogens (tertiary/aromatic N) is 1. The average molecular weight is 381 g/mol. The van der Waals surface area contributed by atoms with Crippen molar-refractivity contribution in [2.45, 2.75) is 6.42 Å². The minimum absolute atomic E-state index is 0. The summed E-state index contributed by atoms with van der Waals surface area (Å²) in [6.07, 6.45) is 0.857. The Balaban J connectivity index is 0.00000288. The van der Waals surface area contributed by atoms with Crippen LogP contribution in [0.1, 0.15) is 15.9 Å². The molecule has 2 rings (SSSR count). The Bertz CT molecular complexity index is 679. The second-order valence-corrected chi connectivity index (χ2v) is 6.89. The number of hydroxylamine groups is 2. The van der Waals surface area contributed by atoms with Crippen LogP contribution in [0.3, 0.4) is 0 Å². The first-order chi connectivity index (χ1) is 10.8. The van der Waals surface area contributed by atoms with Crippen molar-refractivity contribution in [3.8, 4) is 5.75 Å². The molecule has 1 heterocycles. The van der Waals surface area contributed by atoms with Gasteiger partial charge in [0.1, 0.15) is 12.4 Å². The van der Waals surface area contributed by atoms with E-state index in [1.807, 2.05) is 0 Å². The number of benzene rings is 1. The number of amides is 1. The van der Waals surface area contributed by atoms with E-state index >= 15 is 0 Å². The van der Waals surface area contributed by atoms with Gasteiger partial charge in [-0.3, -0.25) is 9.36 Å². The normalized spacial score (nSPS) is 16.9. The lowest BCUT2D eigenvalue weighted by Crippen LogP contribution is -2.36. The topological polar surface area (TPSA) is 102 Å². The van der Waals surface area contributed by atoms with Crippen LogP contribution in [-0.4, -0.2) is 42.2 Å². The van der Waals surface area contributed by atoms with Gasteiger partial charge in [-0.15, -0.1) is 12.4 Å². The van der Waals surface area contributed by atoms with E-state index in [0.717, 1.165) is 17.3 Å². The summed E-state index contributed by atoms with van der Waals surface area (Å²) >= 11 is 0. The standard InChI is InChI=1S/C14H18FN2O5P.ClH/c1-23(19,20)22-17-5-4-11-6-12(2-3-13(11)14(17)18)21-9-10(7-15)8-16;/h2-3,6-7H,4-5,8-9,16H2,1H3,(H,19,20);1H/b10-7+;. The molecule has 1 aromatic rings. The number of ether oxygens (including phenoxy) is 1. The van der Waals surface area contributed by atoms with Gasteiger partial charge in [-0.25, -0.2) is 9.45 Å². The van der Waals surface area contributed by atoms with Crippen LogP contribution in [0.2, 0.25) is 0 Å². The Morgan fingerprint density at radius 2 is 2.25 bits per heavy atom. The number of carbonyl (C=O) groups excluding carboxylic acids is 1. The maximum Gasteiger partial charge on any atom is 0.346 e. The van der Waals surface area contributed by atoms with Crippen LogP contribution in [-0.2, 0) is 15.6 Å². The first kappa shape index (κ1) is 20.6. The number of halogens is 2. The van der Waals surface area contributed by atoms with Crippen molar-refractivity contribution in [3.63, 3.8) is 0 Å². The second-order valence-electron chi connectivity index (χ2n) is 5.12. The fourth-order valence-corrected chi connectivity index (χ4v) is 2.63. The molecule has 7 nitrogen and oxygen atoms in total. The van der Waals surface area contributed by atoms with E-state index in [4.69, 9.17) is 15.1 Å². The third-order valence-corrected chi connectivity index (χ3v) is 3.71. The van der Waals surface area contributed by atoms with Gasteiger partial charge < -0.3 is 15.4 Å². The number of hydrogen-bond donors (Lipinski definition) is 2. The van der Waals surface area contributed by atoms with E-state index in [9.17, 15) is 18.6 Å². The van der Waals surface area contributed by atoms with Gasteiger partial charge in [0.15, 0.2) is 0 Å². The zero-order valence-electron chi connectivity index (χ0n) is 13.0. The van der Waals surface area contributed by atoms with Crippen LogP contribution in [0.5, 0.6) is 5.75 Å². The van der Waals surface area contributed by atoms with Gasteiger partial charge in [0.2, 0.25) is 0 Å². The fourth-order valence-electron chi connectivity index (χ4n) is 2.11. The molecular formula is C14H19ClFN2O5P. The highest BCUT2D eigenvalue weighted by Crippen LogP contribution is 2.39. The Hall–Kier alpha value is -1.44. The molecule has 134 valence electrons. The van der Waals surface area contributed by atoms with Gasteiger partial charge in [-0.05, 0) is 30.2 Å². The van der Waals surface area contributed by atoms with Crippen molar-refractivity contribution in [1.29, 1.82) is 0 Å². The molecule has 1 aliphatic rings. The van der Waals surface area contributed by atoms with Crippen molar-refractivity contribution < 1.29 is 28.0 Å². The van der Waals surface area contributed by atoms with E-state index < -0.39 is 13.5 Å². The molecule has 0 aliphatic carbocycles. The van der Waals surface area contributed by atoms with Crippen LogP contribution in [0.4, 0.5) is 4.39 Å². The summed E-state index contributed by atoms with van der Waals surface area (Å²) in [7, 11) is -3.80. The molecule has 1 atom stereocenters. The van der Waals surface area contributed by atoms with Crippen molar-refractivity contribution >= 4 is 25.9 Å². The lowest BCUT2D eigenvalue weighted by molar-refractivity contribution is -0.0416. The van der Waals surface area contributed by atoms with E-state index in [2.05, 4.69) is 0 Å². The van der Waals surface area contributed by atoms with Crippen molar-refractivity contribution in [1.82, 2.24) is 5.06 Å². The molecule has 0 bridgehead atoms. The van der Waals surface area contributed by atoms with Crippen LogP contribution >= 0.6 is 20.0 Å². The average Bonchev–Trinajstić information content (AvgIpc) is 2.50. The van der Waals surface area contributed by atoms with Crippen LogP contribution in [0.25, 0.3) is 0 Å². The molecule has 1 aliphatic heterocycles. The Morgan fingerprint density at radius 1 is 1.54 bits per heavy atom. The summed E-state index contributed by atoms with van der Waals surface area (Å²) in [6, 6.07) is 4.79. The smallest absolute Gasteiger partial charge is 0.346 e. The molecule has 1 unspecified atom stereocenters. The van der Waals surface area contributed by atoms with E-state index in [1.54, 1.807) is 18.2 Å². The Morgan fingerprint density at radius 3 is 2.83 bits per heavy atom. The van der Waals surface area contributed by atoms with Crippen LogP contribution in [0, 0.1) is 0 Å². The lowest BCUT2D eigenvalue weighted by atomic mass is 10.00. The summed E-state index contributed by atoms with van der Waals surface area (Å²) in [6.45, 7) is 1.26. The van der Waals surface area contributed by atoms with Crippen LogP contribution < -0.4 is 10.5 Å². The highest BCUT2D eigenvalue weighted by atomic mass is 35.5. The molecule has 0 saturated carbocycles. The van der Waals surface area contributed by atoms with Gasteiger partial charge in [0.05, 0.1) is 12.9 Å². The molecular weight excluding hydrogens is 362 g/mol. The largest absolute Gasteiger partial charge is 0.489 e. The van der Waals surface area contributed by atoms with Crippen molar-refractivity contribution in [3.05, 3.63) is 41.2 Å². The first-order valence-corrected chi connectivity index (χ1v) is 8.92. The zero-order valence-corrected chi connectivity index (χ0v) is 14.7. The van der Waals surface area contributed by atoms with Crippen LogP contribution in [0.15, 0.2) is 30.1 Å². The third kappa shape index (κ3) is 5.29. The highest BCUT2D eigenvalue weighted by molar-refractivity contribution is 7.51. The number of rotatable bonds is 6. The SMILES string of the molecule is CP(=O)(O)ON1CCc2cc(OC/C(=C/F)CN)ccc2C1=O.Cl. The quantitative estimate of drug-likeness (QED) is 0.732. The number of carbonyl (C=O) groups is 1. The van der Waals surface area contributed by atoms with Gasteiger partial charge in [-0.1, -0.05) is 0 Å². The predicted octanol–water partition coefficient (Wildman–Crippen LogP) is 2.04. The molecule has 0 radical (unpaired) electrons. The maximum absolute atomic E-state index is 12.4. The second kappa shape index (κ2) is 8.60. The summed E-state index contributed by atoms with van der Waals surface area (Å²) < 4.78 is 33.9. The van der Waals surface area contributed by atoms with E-state index in [-0.39, 0.29) is 32.1 Å². The number of hydrogen-bond acceptors (Lipinski definition) is 5. The van der Waals surface area contributed by atoms with Gasteiger partial charge >= 0.3 is 7.60 Å². The zero-order chi connectivity index (χ0) is 17.0. The number of nitrogens with two attached hydrogens (primary N) is 1. The van der Waals surface area contributed by atoms with Gasteiger partial charge in [0.25, 0.3) is 5.91 Å². The Labute approximate surface area is 145 Å². The van der Waals surface area contributed by atoms with E-state index in [0.29, 0.717) is 29.6 Å². The summed E-state index contributed by atoms with van der Waals surface area (Å²) in [5.41, 5.74) is 6.77. The lowest BCUT2D eigenvalue weighted by Gasteiger charge is -2.28. The maximum atomic E-state index is 12.4. The predicted molar refractivity (Wildman–Crippen MR) is 89.0 cm³/mol. The summed E-state index contributed by atoms with van der Waals surface area (Å²) in [5, 5.41) is 0.891. The summed E-state index contributed by atoms with van der Waals surface area (Å²) in [4.78, 5) is 21.4. The van der Waals surface area contributed by atoms with Crippen molar-refractivity contribution in [2.75, 3.05) is 26.4 Å². The van der Waals surface area contributed by atoms with Crippen molar-refractivity contribution in [2.24, 2.45) is 5.73 Å². The molecule has 1 aromatic carbocycles. The van der Waals surface area contributed by atoms with E-state index in [1.165, 1.54) is 0 Å². The molecule has 24 heavy (non-hydrogen) atoms. The molecule has 0 aromatic heterocycles. The fraction of sp³-hybridized carbons (Fsp3) is 0.357. The molecule has 3 N–H and O–H groups in total. The number of fused-ring (bicyclic) bond motifs is 1. The van der Waals surface area contributed by atoms with Gasteiger partial charge in [0, 0.05) is 24.3 Å². The molecule has 10 heteroatoms. The minimum atomic E-state index is -3.80. The highest BCUT2D eigenvalue weighted by Gasteiger charge is 2.29. The third-order valence-electron chi connectivity index (χ3n) is 3.21. The monoisotopic (exact) mass is 380 g/mol. The first-order valence-electron chi connectivity index (χ1n) is 6.90. The molecule has 0 saturated heterocycles. The molecule has 0 spiro atoms. The summed E-state index contributed by atoms with van der Waals surface area (Å²) in [5.74, 6) is 0.00210. The molecule has 1 amide bonds. The Kier molecular flexibility index (Phi) is 7.38.